The molecule has 0 aliphatic heterocycles. The molecule has 0 spiro atoms. The predicted molar refractivity (Wildman–Crippen MR) is 65.0 cm³/mol. The molecule has 0 radical (unpaired) electrons. The lowest BCUT2D eigenvalue weighted by atomic mass is 10.2. The number of nitriles is 1. The average molecular weight is 273 g/mol. The molecule has 1 unspecified atom stereocenters. The Kier molecular flexibility index (Phi) is 5.23. The van der Waals surface area contributed by atoms with E-state index in [4.69, 9.17) is 33.2 Å². The number of ether oxygens (including phenoxy) is 1. The van der Waals surface area contributed by atoms with Crippen LogP contribution in [-0.2, 0) is 4.74 Å². The molecule has 0 heterocycles. The summed E-state index contributed by atoms with van der Waals surface area (Å²) in [4.78, 5) is 11.7. The molecule has 1 atom stereocenters. The van der Waals surface area contributed by atoms with E-state index in [0.717, 1.165) is 0 Å². The second-order valence-corrected chi connectivity index (χ2v) is 3.97. The van der Waals surface area contributed by atoms with Gasteiger partial charge < -0.3 is 10.1 Å². The number of hydrogen-bond donors (Lipinski definition) is 1. The molecule has 1 N–H and O–H groups in total. The van der Waals surface area contributed by atoms with Crippen molar-refractivity contribution in [3.8, 4) is 6.07 Å². The SMILES string of the molecule is CCOC(C#N)NC(=O)c1cc(Cl)cc(Cl)c1. The molecular weight excluding hydrogens is 263 g/mol. The molecular formula is C11H10Cl2N2O2. The molecule has 1 aromatic rings. The number of nitrogens with one attached hydrogen (secondary N) is 1. The van der Waals surface area contributed by atoms with Crippen molar-refractivity contribution in [3.63, 3.8) is 0 Å². The molecule has 6 heteroatoms. The fourth-order valence-corrected chi connectivity index (χ4v) is 1.69. The zero-order valence-corrected chi connectivity index (χ0v) is 10.5. The Morgan fingerprint density at radius 2 is 2.06 bits per heavy atom. The Morgan fingerprint density at radius 3 is 2.53 bits per heavy atom. The van der Waals surface area contributed by atoms with Crippen molar-refractivity contribution in [2.75, 3.05) is 6.61 Å². The number of rotatable bonds is 4. The van der Waals surface area contributed by atoms with Crippen molar-refractivity contribution in [1.29, 1.82) is 5.26 Å². The maximum atomic E-state index is 11.7. The lowest BCUT2D eigenvalue weighted by Crippen LogP contribution is -2.35. The predicted octanol–water partition coefficient (Wildman–Crippen LogP) is 2.61. The van der Waals surface area contributed by atoms with Gasteiger partial charge in [0.2, 0.25) is 6.23 Å². The van der Waals surface area contributed by atoms with Crippen LogP contribution >= 0.6 is 23.2 Å². The molecule has 4 nitrogen and oxygen atoms in total. The zero-order chi connectivity index (χ0) is 12.8. The first kappa shape index (κ1) is 13.8. The summed E-state index contributed by atoms with van der Waals surface area (Å²) >= 11 is 11.5. The second kappa shape index (κ2) is 6.45. The summed E-state index contributed by atoms with van der Waals surface area (Å²) in [5.41, 5.74) is 0.280. The van der Waals surface area contributed by atoms with Gasteiger partial charge in [-0.25, -0.2) is 0 Å². The van der Waals surface area contributed by atoms with Gasteiger partial charge in [0, 0.05) is 22.2 Å². The Morgan fingerprint density at radius 1 is 1.47 bits per heavy atom. The Labute approximate surface area is 109 Å². The lowest BCUT2D eigenvalue weighted by molar-refractivity contribution is 0.0615. The fourth-order valence-electron chi connectivity index (χ4n) is 1.17. The standard InChI is InChI=1S/C11H10Cl2N2O2/c1-2-17-10(6-14)15-11(16)7-3-8(12)5-9(13)4-7/h3-5,10H,2H2,1H3,(H,15,16). The number of halogens is 2. The summed E-state index contributed by atoms with van der Waals surface area (Å²) in [6.45, 7) is 2.06. The van der Waals surface area contributed by atoms with Crippen molar-refractivity contribution < 1.29 is 9.53 Å². The van der Waals surface area contributed by atoms with Crippen molar-refractivity contribution in [1.82, 2.24) is 5.32 Å². The maximum absolute atomic E-state index is 11.7. The number of carbonyl (C=O) groups is 1. The van der Waals surface area contributed by atoms with Gasteiger partial charge in [-0.1, -0.05) is 23.2 Å². The van der Waals surface area contributed by atoms with Crippen LogP contribution in [0, 0.1) is 11.3 Å². The molecule has 0 aliphatic carbocycles. The smallest absolute Gasteiger partial charge is 0.254 e. The quantitative estimate of drug-likeness (QED) is 0.858. The van der Waals surface area contributed by atoms with Crippen LogP contribution in [0.1, 0.15) is 17.3 Å². The third-order valence-corrected chi connectivity index (χ3v) is 2.27. The van der Waals surface area contributed by atoms with Crippen LogP contribution in [-0.4, -0.2) is 18.7 Å². The first-order valence-electron chi connectivity index (χ1n) is 4.85. The van der Waals surface area contributed by atoms with E-state index in [0.29, 0.717) is 16.7 Å². The van der Waals surface area contributed by atoms with Crippen molar-refractivity contribution in [3.05, 3.63) is 33.8 Å². The molecule has 0 aliphatic rings. The van der Waals surface area contributed by atoms with E-state index >= 15 is 0 Å². The summed E-state index contributed by atoms with van der Waals surface area (Å²) in [6, 6.07) is 6.25. The highest BCUT2D eigenvalue weighted by Crippen LogP contribution is 2.19. The Bertz CT molecular complexity index is 437. The van der Waals surface area contributed by atoms with E-state index < -0.39 is 12.1 Å². The monoisotopic (exact) mass is 272 g/mol. The van der Waals surface area contributed by atoms with Gasteiger partial charge in [0.25, 0.3) is 5.91 Å². The number of amides is 1. The van der Waals surface area contributed by atoms with E-state index in [2.05, 4.69) is 5.32 Å². The molecule has 1 rings (SSSR count). The fraction of sp³-hybridized carbons (Fsp3) is 0.273. The number of nitrogens with zero attached hydrogens (tertiary/aromatic N) is 1. The van der Waals surface area contributed by atoms with Gasteiger partial charge in [0.05, 0.1) is 0 Å². The van der Waals surface area contributed by atoms with Gasteiger partial charge in [-0.3, -0.25) is 4.79 Å². The molecule has 0 bridgehead atoms. The van der Waals surface area contributed by atoms with Gasteiger partial charge in [-0.2, -0.15) is 5.26 Å². The number of hydrogen-bond acceptors (Lipinski definition) is 3. The molecule has 0 fully saturated rings. The van der Waals surface area contributed by atoms with E-state index in [1.807, 2.05) is 6.07 Å². The molecule has 90 valence electrons. The molecule has 17 heavy (non-hydrogen) atoms. The first-order chi connectivity index (χ1) is 8.06. The van der Waals surface area contributed by atoms with E-state index in [1.165, 1.54) is 18.2 Å². The van der Waals surface area contributed by atoms with E-state index in [-0.39, 0.29) is 5.56 Å². The minimum atomic E-state index is -0.981. The average Bonchev–Trinajstić information content (AvgIpc) is 2.27. The lowest BCUT2D eigenvalue weighted by Gasteiger charge is -2.11. The second-order valence-electron chi connectivity index (χ2n) is 3.10. The van der Waals surface area contributed by atoms with Crippen LogP contribution in [0.4, 0.5) is 0 Å². The van der Waals surface area contributed by atoms with Gasteiger partial charge in [-0.15, -0.1) is 0 Å². The molecule has 0 saturated heterocycles. The molecule has 0 saturated carbocycles. The summed E-state index contributed by atoms with van der Waals surface area (Å²) in [6.07, 6.45) is -0.981. The topological polar surface area (TPSA) is 62.1 Å². The largest absolute Gasteiger partial charge is 0.346 e. The minimum absolute atomic E-state index is 0.280. The van der Waals surface area contributed by atoms with Crippen molar-refractivity contribution in [2.45, 2.75) is 13.2 Å². The maximum Gasteiger partial charge on any atom is 0.254 e. The molecule has 0 aromatic heterocycles. The van der Waals surface area contributed by atoms with Crippen LogP contribution in [0.25, 0.3) is 0 Å². The van der Waals surface area contributed by atoms with Gasteiger partial charge in [0.15, 0.2) is 0 Å². The number of carbonyl (C=O) groups excluding carboxylic acids is 1. The van der Waals surface area contributed by atoms with E-state index in [1.54, 1.807) is 6.92 Å². The molecule has 1 aromatic carbocycles. The number of benzene rings is 1. The minimum Gasteiger partial charge on any atom is -0.346 e. The zero-order valence-electron chi connectivity index (χ0n) is 9.04. The van der Waals surface area contributed by atoms with Crippen molar-refractivity contribution in [2.24, 2.45) is 0 Å². The van der Waals surface area contributed by atoms with E-state index in [9.17, 15) is 4.79 Å². The third kappa shape index (κ3) is 4.23. The van der Waals surface area contributed by atoms with Gasteiger partial charge >= 0.3 is 0 Å². The molecule has 1 amide bonds. The van der Waals surface area contributed by atoms with Gasteiger partial charge in [0.1, 0.15) is 6.07 Å². The normalized spacial score (nSPS) is 11.6. The Balaban J connectivity index is 2.79. The highest BCUT2D eigenvalue weighted by atomic mass is 35.5. The van der Waals surface area contributed by atoms with Crippen LogP contribution in [0.2, 0.25) is 10.0 Å². The summed E-state index contributed by atoms with van der Waals surface area (Å²) in [7, 11) is 0. The summed E-state index contributed by atoms with van der Waals surface area (Å²) in [5, 5.41) is 11.8. The summed E-state index contributed by atoms with van der Waals surface area (Å²) in [5.74, 6) is -0.464. The van der Waals surface area contributed by atoms with Gasteiger partial charge in [-0.05, 0) is 25.1 Å². The van der Waals surface area contributed by atoms with Crippen molar-refractivity contribution >= 4 is 29.1 Å². The highest BCUT2D eigenvalue weighted by molar-refractivity contribution is 6.35. The van der Waals surface area contributed by atoms with Crippen LogP contribution in [0.3, 0.4) is 0 Å². The van der Waals surface area contributed by atoms with Crippen LogP contribution < -0.4 is 5.32 Å². The Hall–Kier alpha value is -1.28. The van der Waals surface area contributed by atoms with Crippen LogP contribution in [0.5, 0.6) is 0 Å². The highest BCUT2D eigenvalue weighted by Gasteiger charge is 2.13. The van der Waals surface area contributed by atoms with Crippen LogP contribution in [0.15, 0.2) is 18.2 Å². The summed E-state index contributed by atoms with van der Waals surface area (Å²) < 4.78 is 4.98. The first-order valence-corrected chi connectivity index (χ1v) is 5.60. The third-order valence-electron chi connectivity index (χ3n) is 1.84.